The summed E-state index contributed by atoms with van der Waals surface area (Å²) in [5.74, 6) is 0.440. The van der Waals surface area contributed by atoms with Gasteiger partial charge in [-0.1, -0.05) is 31.2 Å². The van der Waals surface area contributed by atoms with Crippen LogP contribution in [-0.4, -0.2) is 37.2 Å². The van der Waals surface area contributed by atoms with Crippen molar-refractivity contribution in [2.45, 2.75) is 44.9 Å². The maximum atomic E-state index is 5.70. The van der Waals surface area contributed by atoms with Crippen molar-refractivity contribution in [1.82, 2.24) is 4.90 Å². The SMILES string of the molecule is CC(CN)c1ccc(CN(C)C2CCOC2C)cc1. The standard InChI is InChI=1S/C16H26N2O/c1-12(10-17)15-6-4-14(5-7-15)11-18(3)16-8-9-19-13(16)2/h4-7,12-13,16H,8-11,17H2,1-3H3. The van der Waals surface area contributed by atoms with Crippen LogP contribution in [0.4, 0.5) is 0 Å². The van der Waals surface area contributed by atoms with Gasteiger partial charge in [-0.3, -0.25) is 4.90 Å². The number of ether oxygens (including phenoxy) is 1. The molecular weight excluding hydrogens is 236 g/mol. The molecule has 1 heterocycles. The van der Waals surface area contributed by atoms with Crippen molar-refractivity contribution in [2.75, 3.05) is 20.2 Å². The van der Waals surface area contributed by atoms with E-state index in [-0.39, 0.29) is 0 Å². The molecule has 1 aliphatic rings. The number of benzene rings is 1. The van der Waals surface area contributed by atoms with Crippen LogP contribution in [0.2, 0.25) is 0 Å². The zero-order valence-electron chi connectivity index (χ0n) is 12.3. The van der Waals surface area contributed by atoms with E-state index in [1.165, 1.54) is 11.1 Å². The minimum absolute atomic E-state index is 0.349. The van der Waals surface area contributed by atoms with Gasteiger partial charge >= 0.3 is 0 Å². The van der Waals surface area contributed by atoms with Crippen LogP contribution < -0.4 is 5.73 Å². The Morgan fingerprint density at radius 1 is 1.37 bits per heavy atom. The Hall–Kier alpha value is -0.900. The van der Waals surface area contributed by atoms with Crippen LogP contribution >= 0.6 is 0 Å². The topological polar surface area (TPSA) is 38.5 Å². The first kappa shape index (κ1) is 14.5. The summed E-state index contributed by atoms with van der Waals surface area (Å²) in [6.45, 7) is 6.91. The van der Waals surface area contributed by atoms with Crippen LogP contribution in [0.1, 0.15) is 37.3 Å². The van der Waals surface area contributed by atoms with Gasteiger partial charge in [0.25, 0.3) is 0 Å². The van der Waals surface area contributed by atoms with E-state index >= 15 is 0 Å². The van der Waals surface area contributed by atoms with E-state index < -0.39 is 0 Å². The monoisotopic (exact) mass is 262 g/mol. The van der Waals surface area contributed by atoms with E-state index in [9.17, 15) is 0 Å². The van der Waals surface area contributed by atoms with Crippen molar-refractivity contribution >= 4 is 0 Å². The third-order valence-corrected chi connectivity index (χ3v) is 4.24. The molecule has 1 saturated heterocycles. The van der Waals surface area contributed by atoms with Gasteiger partial charge < -0.3 is 10.5 Å². The summed E-state index contributed by atoms with van der Waals surface area (Å²) in [5, 5.41) is 0. The number of hydrogen-bond acceptors (Lipinski definition) is 3. The molecule has 1 aromatic rings. The summed E-state index contributed by atoms with van der Waals surface area (Å²) in [5.41, 5.74) is 8.38. The molecule has 19 heavy (non-hydrogen) atoms. The smallest absolute Gasteiger partial charge is 0.0703 e. The minimum atomic E-state index is 0.349. The van der Waals surface area contributed by atoms with E-state index in [0.29, 0.717) is 24.6 Å². The number of rotatable bonds is 5. The molecule has 1 fully saturated rings. The lowest BCUT2D eigenvalue weighted by molar-refractivity contribution is 0.0814. The Bertz CT molecular complexity index is 390. The average Bonchev–Trinajstić information content (AvgIpc) is 2.85. The van der Waals surface area contributed by atoms with Crippen LogP contribution in [0.5, 0.6) is 0 Å². The minimum Gasteiger partial charge on any atom is -0.377 e. The van der Waals surface area contributed by atoms with Crippen LogP contribution in [0, 0.1) is 0 Å². The molecule has 0 spiro atoms. The number of nitrogens with zero attached hydrogens (tertiary/aromatic N) is 1. The Morgan fingerprint density at radius 3 is 2.58 bits per heavy atom. The maximum absolute atomic E-state index is 5.70. The van der Waals surface area contributed by atoms with E-state index in [4.69, 9.17) is 10.5 Å². The van der Waals surface area contributed by atoms with Gasteiger partial charge in [0.05, 0.1) is 6.10 Å². The third kappa shape index (κ3) is 3.56. The fourth-order valence-corrected chi connectivity index (χ4v) is 2.79. The summed E-state index contributed by atoms with van der Waals surface area (Å²) in [7, 11) is 2.19. The highest BCUT2D eigenvalue weighted by atomic mass is 16.5. The summed E-state index contributed by atoms with van der Waals surface area (Å²) in [6.07, 6.45) is 1.49. The van der Waals surface area contributed by atoms with E-state index in [1.807, 2.05) is 0 Å². The zero-order valence-corrected chi connectivity index (χ0v) is 12.3. The fourth-order valence-electron chi connectivity index (χ4n) is 2.79. The normalized spacial score (nSPS) is 24.9. The molecule has 106 valence electrons. The third-order valence-electron chi connectivity index (χ3n) is 4.24. The first-order valence-corrected chi connectivity index (χ1v) is 7.22. The van der Waals surface area contributed by atoms with Gasteiger partial charge in [-0.2, -0.15) is 0 Å². The highest BCUT2D eigenvalue weighted by molar-refractivity contribution is 5.25. The predicted molar refractivity (Wildman–Crippen MR) is 79.2 cm³/mol. The molecule has 3 atom stereocenters. The summed E-state index contributed by atoms with van der Waals surface area (Å²) in [6, 6.07) is 9.39. The lowest BCUT2D eigenvalue weighted by Crippen LogP contribution is -2.36. The molecule has 1 aliphatic heterocycles. The molecule has 0 amide bonds. The van der Waals surface area contributed by atoms with Gasteiger partial charge in [0.1, 0.15) is 0 Å². The van der Waals surface area contributed by atoms with Gasteiger partial charge in [0.15, 0.2) is 0 Å². The van der Waals surface area contributed by atoms with Gasteiger partial charge in [0.2, 0.25) is 0 Å². The van der Waals surface area contributed by atoms with E-state index in [0.717, 1.165) is 19.6 Å². The number of nitrogens with two attached hydrogens (primary N) is 1. The second-order valence-electron chi connectivity index (χ2n) is 5.73. The van der Waals surface area contributed by atoms with Crippen LogP contribution in [0.15, 0.2) is 24.3 Å². The van der Waals surface area contributed by atoms with Crippen molar-refractivity contribution in [3.05, 3.63) is 35.4 Å². The molecule has 0 radical (unpaired) electrons. The van der Waals surface area contributed by atoms with Crippen LogP contribution in [0.25, 0.3) is 0 Å². The van der Waals surface area contributed by atoms with Crippen LogP contribution in [0.3, 0.4) is 0 Å². The molecule has 0 aromatic heterocycles. The molecule has 1 aromatic carbocycles. The lowest BCUT2D eigenvalue weighted by Gasteiger charge is -2.26. The molecule has 2 rings (SSSR count). The summed E-state index contributed by atoms with van der Waals surface area (Å²) in [4.78, 5) is 2.40. The Morgan fingerprint density at radius 2 is 2.05 bits per heavy atom. The maximum Gasteiger partial charge on any atom is 0.0703 e. The van der Waals surface area contributed by atoms with Crippen molar-refractivity contribution in [3.8, 4) is 0 Å². The average molecular weight is 262 g/mol. The highest BCUT2D eigenvalue weighted by Gasteiger charge is 2.27. The van der Waals surface area contributed by atoms with Gasteiger partial charge in [-0.25, -0.2) is 0 Å². The zero-order chi connectivity index (χ0) is 13.8. The van der Waals surface area contributed by atoms with Gasteiger partial charge in [0, 0.05) is 19.2 Å². The number of hydrogen-bond donors (Lipinski definition) is 1. The van der Waals surface area contributed by atoms with Crippen molar-refractivity contribution in [2.24, 2.45) is 5.73 Å². The summed E-state index contributed by atoms with van der Waals surface area (Å²) < 4.78 is 5.63. The van der Waals surface area contributed by atoms with Gasteiger partial charge in [-0.05, 0) is 44.0 Å². The molecule has 2 N–H and O–H groups in total. The predicted octanol–water partition coefficient (Wildman–Crippen LogP) is 2.36. The van der Waals surface area contributed by atoms with E-state index in [2.05, 4.69) is 50.1 Å². The van der Waals surface area contributed by atoms with Crippen molar-refractivity contribution < 1.29 is 4.74 Å². The Labute approximate surface area is 116 Å². The largest absolute Gasteiger partial charge is 0.377 e. The first-order valence-electron chi connectivity index (χ1n) is 7.22. The molecule has 3 nitrogen and oxygen atoms in total. The first-order chi connectivity index (χ1) is 9.11. The second-order valence-corrected chi connectivity index (χ2v) is 5.73. The Kier molecular flexibility index (Phi) is 4.97. The molecule has 3 unspecified atom stereocenters. The lowest BCUT2D eigenvalue weighted by atomic mass is 10.00. The molecule has 3 heteroatoms. The van der Waals surface area contributed by atoms with Crippen molar-refractivity contribution in [1.29, 1.82) is 0 Å². The van der Waals surface area contributed by atoms with Gasteiger partial charge in [-0.15, -0.1) is 0 Å². The molecule has 0 saturated carbocycles. The summed E-state index contributed by atoms with van der Waals surface area (Å²) >= 11 is 0. The Balaban J connectivity index is 1.95. The molecule has 0 aliphatic carbocycles. The number of likely N-dealkylation sites (N-methyl/N-ethyl adjacent to an activating group) is 1. The highest BCUT2D eigenvalue weighted by Crippen LogP contribution is 2.21. The second kappa shape index (κ2) is 6.51. The van der Waals surface area contributed by atoms with E-state index in [1.54, 1.807) is 0 Å². The molecule has 0 bridgehead atoms. The van der Waals surface area contributed by atoms with Crippen LogP contribution in [-0.2, 0) is 11.3 Å². The fraction of sp³-hybridized carbons (Fsp3) is 0.625. The van der Waals surface area contributed by atoms with Crippen molar-refractivity contribution in [3.63, 3.8) is 0 Å². The molecular formula is C16H26N2O. The quantitative estimate of drug-likeness (QED) is 0.885.